The van der Waals surface area contributed by atoms with Crippen LogP contribution in [0.5, 0.6) is 0 Å². The number of epoxide rings is 1. The maximum atomic E-state index is 13.3. The van der Waals surface area contributed by atoms with Crippen LogP contribution in [0.15, 0.2) is 0 Å². The Bertz CT molecular complexity index is 459. The van der Waals surface area contributed by atoms with Crippen LogP contribution in [0, 0.1) is 0 Å². The van der Waals surface area contributed by atoms with Gasteiger partial charge in [-0.2, -0.15) is 48.3 Å². The molecule has 1 aliphatic heterocycles. The third-order valence-electron chi connectivity index (χ3n) is 3.11. The zero-order chi connectivity index (χ0) is 19.9. The summed E-state index contributed by atoms with van der Waals surface area (Å²) in [5.41, 5.74) is 0. The molecule has 150 valence electrons. The van der Waals surface area contributed by atoms with Crippen molar-refractivity contribution >= 4 is 0 Å². The molecule has 2 atom stereocenters. The molecular formula is C11H11F11O3. The summed E-state index contributed by atoms with van der Waals surface area (Å²) in [4.78, 5) is 0. The van der Waals surface area contributed by atoms with Gasteiger partial charge in [-0.1, -0.05) is 0 Å². The summed E-state index contributed by atoms with van der Waals surface area (Å²) < 4.78 is 149. The summed E-state index contributed by atoms with van der Waals surface area (Å²) in [7, 11) is 0. The van der Waals surface area contributed by atoms with Crippen molar-refractivity contribution in [1.82, 2.24) is 0 Å². The van der Waals surface area contributed by atoms with Crippen molar-refractivity contribution in [1.29, 1.82) is 0 Å². The largest absolute Gasteiger partial charge is 0.460 e. The number of hydrogen-bond donors (Lipinski definition) is 1. The quantitative estimate of drug-likeness (QED) is 0.477. The van der Waals surface area contributed by atoms with Gasteiger partial charge >= 0.3 is 29.9 Å². The van der Waals surface area contributed by atoms with E-state index in [0.29, 0.717) is 0 Å². The van der Waals surface area contributed by atoms with Gasteiger partial charge in [-0.05, 0) is 0 Å². The molecular weight excluding hydrogens is 389 g/mol. The fourth-order valence-corrected chi connectivity index (χ4v) is 1.59. The van der Waals surface area contributed by atoms with Crippen molar-refractivity contribution in [2.75, 3.05) is 19.8 Å². The fourth-order valence-electron chi connectivity index (χ4n) is 1.59. The van der Waals surface area contributed by atoms with E-state index in [-0.39, 0.29) is 13.2 Å². The molecule has 0 aromatic heterocycles. The van der Waals surface area contributed by atoms with Gasteiger partial charge < -0.3 is 14.6 Å². The summed E-state index contributed by atoms with van der Waals surface area (Å²) >= 11 is 0. The zero-order valence-electron chi connectivity index (χ0n) is 11.9. The summed E-state index contributed by atoms with van der Waals surface area (Å²) in [6.07, 6.45) is -12.7. The summed E-state index contributed by atoms with van der Waals surface area (Å²) in [5.74, 6) is -28.1. The van der Waals surface area contributed by atoms with Gasteiger partial charge in [0.15, 0.2) is 0 Å². The minimum absolute atomic E-state index is 0.239. The van der Waals surface area contributed by atoms with E-state index in [0.717, 1.165) is 0 Å². The molecule has 2 unspecified atom stereocenters. The monoisotopic (exact) mass is 400 g/mol. The third-order valence-corrected chi connectivity index (χ3v) is 3.11. The highest BCUT2D eigenvalue weighted by Gasteiger charge is 2.87. The van der Waals surface area contributed by atoms with E-state index in [1.54, 1.807) is 0 Å². The smallest absolute Gasteiger partial charge is 0.390 e. The first-order valence-corrected chi connectivity index (χ1v) is 6.43. The molecule has 0 saturated carbocycles. The van der Waals surface area contributed by atoms with Crippen LogP contribution in [-0.2, 0) is 9.47 Å². The second kappa shape index (κ2) is 6.68. The van der Waals surface area contributed by atoms with Gasteiger partial charge in [-0.25, -0.2) is 0 Å². The lowest BCUT2D eigenvalue weighted by Gasteiger charge is -2.37. The number of hydrogen-bond acceptors (Lipinski definition) is 3. The van der Waals surface area contributed by atoms with Gasteiger partial charge in [-0.15, -0.1) is 0 Å². The highest BCUT2D eigenvalue weighted by atomic mass is 19.4. The van der Waals surface area contributed by atoms with E-state index in [2.05, 4.69) is 9.47 Å². The van der Waals surface area contributed by atoms with E-state index in [1.165, 1.54) is 0 Å². The van der Waals surface area contributed by atoms with Crippen molar-refractivity contribution in [2.24, 2.45) is 0 Å². The molecule has 1 saturated heterocycles. The predicted octanol–water partition coefficient (Wildman–Crippen LogP) is 3.26. The Morgan fingerprint density at radius 3 is 1.76 bits per heavy atom. The number of ether oxygens (including phenoxy) is 2. The first kappa shape index (κ1) is 22.2. The van der Waals surface area contributed by atoms with Gasteiger partial charge in [0.1, 0.15) is 6.10 Å². The Labute approximate surface area is 132 Å². The number of alkyl halides is 11. The Morgan fingerprint density at radius 1 is 0.880 bits per heavy atom. The topological polar surface area (TPSA) is 42.0 Å². The van der Waals surface area contributed by atoms with Crippen LogP contribution in [0.3, 0.4) is 0 Å². The van der Waals surface area contributed by atoms with Crippen LogP contribution in [0.1, 0.15) is 6.42 Å². The number of halogens is 11. The van der Waals surface area contributed by atoms with E-state index >= 15 is 0 Å². The van der Waals surface area contributed by atoms with Crippen LogP contribution >= 0.6 is 0 Å². The molecule has 25 heavy (non-hydrogen) atoms. The molecule has 0 aromatic rings. The maximum Gasteiger partial charge on any atom is 0.460 e. The summed E-state index contributed by atoms with van der Waals surface area (Å²) in [6.45, 7) is -1.09. The third kappa shape index (κ3) is 4.27. The Morgan fingerprint density at radius 2 is 1.36 bits per heavy atom. The SMILES string of the molecule is OC(COCC1CO1)CC(F)(F)C(F)(F)C(F)(F)C(F)(F)C(F)(F)F. The Hall–Kier alpha value is -0.890. The van der Waals surface area contributed by atoms with E-state index < -0.39 is 55.1 Å². The maximum absolute atomic E-state index is 13.3. The molecule has 0 bridgehead atoms. The first-order valence-electron chi connectivity index (χ1n) is 6.43. The Balaban J connectivity index is 2.87. The normalized spacial score (nSPS) is 21.4. The van der Waals surface area contributed by atoms with Crippen molar-refractivity contribution in [3.05, 3.63) is 0 Å². The lowest BCUT2D eigenvalue weighted by atomic mass is 9.94. The highest BCUT2D eigenvalue weighted by Crippen LogP contribution is 2.58. The molecule has 1 N–H and O–H groups in total. The van der Waals surface area contributed by atoms with Gasteiger partial charge in [0.2, 0.25) is 0 Å². The van der Waals surface area contributed by atoms with Crippen LogP contribution in [0.2, 0.25) is 0 Å². The molecule has 0 amide bonds. The van der Waals surface area contributed by atoms with Crippen LogP contribution in [0.25, 0.3) is 0 Å². The average molecular weight is 400 g/mol. The van der Waals surface area contributed by atoms with Gasteiger partial charge in [-0.3, -0.25) is 0 Å². The van der Waals surface area contributed by atoms with Gasteiger partial charge in [0, 0.05) is 6.42 Å². The van der Waals surface area contributed by atoms with Crippen LogP contribution < -0.4 is 0 Å². The summed E-state index contributed by atoms with van der Waals surface area (Å²) in [5, 5.41) is 9.08. The Kier molecular flexibility index (Phi) is 5.92. The standard InChI is InChI=1S/C11H11F11O3/c12-7(13,1-5(23)2-24-3-6-4-25-6)8(14,15)9(16,17)10(18,19)11(20,21)22/h5-6,23H,1-4H2. The molecule has 0 aromatic carbocycles. The minimum atomic E-state index is -7.47. The highest BCUT2D eigenvalue weighted by molar-refractivity contribution is 5.06. The first-order chi connectivity index (χ1) is 11.0. The second-order valence-corrected chi connectivity index (χ2v) is 5.28. The number of aliphatic hydroxyl groups excluding tert-OH is 1. The average Bonchev–Trinajstić information content (AvgIpc) is 3.20. The number of rotatable bonds is 9. The number of aliphatic hydroxyl groups is 1. The lowest BCUT2D eigenvalue weighted by molar-refractivity contribution is -0.423. The van der Waals surface area contributed by atoms with E-state index in [4.69, 9.17) is 5.11 Å². The van der Waals surface area contributed by atoms with Crippen molar-refractivity contribution in [3.8, 4) is 0 Å². The predicted molar refractivity (Wildman–Crippen MR) is 57.0 cm³/mol. The zero-order valence-corrected chi connectivity index (χ0v) is 11.9. The summed E-state index contributed by atoms with van der Waals surface area (Å²) in [6, 6.07) is 0. The molecule has 1 fully saturated rings. The molecule has 3 nitrogen and oxygen atoms in total. The minimum Gasteiger partial charge on any atom is -0.390 e. The molecule has 0 radical (unpaired) electrons. The molecule has 0 aliphatic carbocycles. The van der Waals surface area contributed by atoms with E-state index in [1.807, 2.05) is 0 Å². The van der Waals surface area contributed by atoms with E-state index in [9.17, 15) is 48.3 Å². The second-order valence-electron chi connectivity index (χ2n) is 5.28. The van der Waals surface area contributed by atoms with Crippen LogP contribution in [0.4, 0.5) is 48.3 Å². The van der Waals surface area contributed by atoms with Gasteiger partial charge in [0.25, 0.3) is 0 Å². The van der Waals surface area contributed by atoms with Crippen molar-refractivity contribution in [3.63, 3.8) is 0 Å². The van der Waals surface area contributed by atoms with Crippen molar-refractivity contribution < 1.29 is 62.9 Å². The fraction of sp³-hybridized carbons (Fsp3) is 1.00. The molecule has 0 spiro atoms. The lowest BCUT2D eigenvalue weighted by Crippen LogP contribution is -2.66. The van der Waals surface area contributed by atoms with Gasteiger partial charge in [0.05, 0.1) is 25.9 Å². The van der Waals surface area contributed by atoms with Crippen LogP contribution in [-0.4, -0.2) is 67.0 Å². The molecule has 1 heterocycles. The molecule has 14 heteroatoms. The molecule has 1 rings (SSSR count). The molecule has 1 aliphatic rings. The van der Waals surface area contributed by atoms with Crippen molar-refractivity contribution in [2.45, 2.75) is 48.5 Å².